The van der Waals surface area contributed by atoms with Crippen LogP contribution in [0, 0.1) is 20.2 Å². The number of rotatable bonds is 7. The number of para-hydroxylation sites is 1. The van der Waals surface area contributed by atoms with Crippen molar-refractivity contribution in [3.8, 4) is 11.5 Å². The highest BCUT2D eigenvalue weighted by Gasteiger charge is 2.21. The molecule has 0 heterocycles. The summed E-state index contributed by atoms with van der Waals surface area (Å²) in [6.07, 6.45) is 1.26. The number of esters is 1. The number of hydrazone groups is 1. The van der Waals surface area contributed by atoms with E-state index in [1.54, 1.807) is 18.2 Å². The second kappa shape index (κ2) is 9.78. The number of non-ortho nitro benzene ring substituents is 2. The lowest BCUT2D eigenvalue weighted by Crippen LogP contribution is -2.17. The minimum atomic E-state index is -1.04. The van der Waals surface area contributed by atoms with Gasteiger partial charge in [0.15, 0.2) is 0 Å². The van der Waals surface area contributed by atoms with Gasteiger partial charge >= 0.3 is 5.97 Å². The van der Waals surface area contributed by atoms with E-state index in [0.717, 1.165) is 18.2 Å². The molecule has 0 radical (unpaired) electrons. The summed E-state index contributed by atoms with van der Waals surface area (Å²) in [5.41, 5.74) is 1.07. The zero-order valence-electron chi connectivity index (χ0n) is 16.6. The number of benzene rings is 3. The summed E-state index contributed by atoms with van der Waals surface area (Å²) in [6.45, 7) is 0. The van der Waals surface area contributed by atoms with Crippen LogP contribution in [-0.2, 0) is 0 Å². The second-order valence-corrected chi connectivity index (χ2v) is 6.43. The van der Waals surface area contributed by atoms with Crippen LogP contribution in [0.25, 0.3) is 0 Å². The molecule has 0 spiro atoms. The van der Waals surface area contributed by atoms with Crippen LogP contribution in [0.3, 0.4) is 0 Å². The number of hydrogen-bond donors (Lipinski definition) is 2. The van der Waals surface area contributed by atoms with Gasteiger partial charge in [-0.2, -0.15) is 5.10 Å². The van der Waals surface area contributed by atoms with Crippen LogP contribution in [-0.4, -0.2) is 33.0 Å². The first-order valence-electron chi connectivity index (χ1n) is 9.12. The molecule has 12 heteroatoms. The lowest BCUT2D eigenvalue weighted by Gasteiger charge is -2.05. The Labute approximate surface area is 185 Å². The van der Waals surface area contributed by atoms with E-state index < -0.39 is 33.1 Å². The number of hydrogen-bond acceptors (Lipinski definition) is 9. The average Bonchev–Trinajstić information content (AvgIpc) is 2.79. The summed E-state index contributed by atoms with van der Waals surface area (Å²) in [5.74, 6) is -1.85. The van der Waals surface area contributed by atoms with Crippen LogP contribution < -0.4 is 10.2 Å². The molecular weight excluding hydrogens is 436 g/mol. The van der Waals surface area contributed by atoms with Crippen molar-refractivity contribution in [2.75, 3.05) is 0 Å². The number of nitrogens with zero attached hydrogens (tertiary/aromatic N) is 3. The summed E-state index contributed by atoms with van der Waals surface area (Å²) in [5, 5.41) is 35.4. The molecule has 3 rings (SSSR count). The fourth-order valence-electron chi connectivity index (χ4n) is 2.64. The molecule has 0 saturated heterocycles. The maximum Gasteiger partial charge on any atom is 0.344 e. The van der Waals surface area contributed by atoms with Gasteiger partial charge in [-0.25, -0.2) is 10.2 Å². The summed E-state index contributed by atoms with van der Waals surface area (Å²) in [6, 6.07) is 14.3. The van der Waals surface area contributed by atoms with Crippen LogP contribution in [0.2, 0.25) is 0 Å². The number of phenols is 1. The van der Waals surface area contributed by atoms with Crippen molar-refractivity contribution in [2.24, 2.45) is 5.10 Å². The predicted octanol–water partition coefficient (Wildman–Crippen LogP) is 3.19. The topological polar surface area (TPSA) is 174 Å². The van der Waals surface area contributed by atoms with Crippen molar-refractivity contribution in [3.05, 3.63) is 104 Å². The Kier molecular flexibility index (Phi) is 6.69. The molecule has 3 aromatic rings. The number of ether oxygens (including phenoxy) is 1. The number of carbonyl (C=O) groups excluding carboxylic acids is 2. The van der Waals surface area contributed by atoms with Crippen LogP contribution in [0.15, 0.2) is 71.8 Å². The minimum absolute atomic E-state index is 0.0309. The predicted molar refractivity (Wildman–Crippen MR) is 114 cm³/mol. The molecule has 0 aliphatic heterocycles. The lowest BCUT2D eigenvalue weighted by atomic mass is 10.1. The third-order valence-corrected chi connectivity index (χ3v) is 4.16. The highest BCUT2D eigenvalue weighted by atomic mass is 16.6. The molecule has 0 atom stereocenters. The van der Waals surface area contributed by atoms with Gasteiger partial charge in [0.25, 0.3) is 17.3 Å². The average molecular weight is 450 g/mol. The molecule has 0 bridgehead atoms. The summed E-state index contributed by atoms with van der Waals surface area (Å²) in [7, 11) is 0. The number of aromatic hydroxyl groups is 1. The first-order chi connectivity index (χ1) is 15.7. The monoisotopic (exact) mass is 450 g/mol. The number of nitrogens with one attached hydrogen (secondary N) is 1. The first-order valence-corrected chi connectivity index (χ1v) is 9.12. The first kappa shape index (κ1) is 22.6. The van der Waals surface area contributed by atoms with Crippen LogP contribution in [0.1, 0.15) is 26.3 Å². The van der Waals surface area contributed by atoms with Crippen LogP contribution in [0.4, 0.5) is 11.4 Å². The van der Waals surface area contributed by atoms with Gasteiger partial charge < -0.3 is 9.84 Å². The molecule has 12 nitrogen and oxygen atoms in total. The van der Waals surface area contributed by atoms with Gasteiger partial charge in [0.2, 0.25) is 0 Å². The Bertz CT molecular complexity index is 1260. The quantitative estimate of drug-likeness (QED) is 0.181. The number of carbonyl (C=O) groups is 2. The van der Waals surface area contributed by atoms with Crippen molar-refractivity contribution >= 4 is 29.5 Å². The zero-order chi connectivity index (χ0) is 24.0. The van der Waals surface area contributed by atoms with Gasteiger partial charge in [-0.3, -0.25) is 25.0 Å². The van der Waals surface area contributed by atoms with Gasteiger partial charge in [0, 0.05) is 12.1 Å². The molecule has 166 valence electrons. The van der Waals surface area contributed by atoms with E-state index in [4.69, 9.17) is 4.74 Å². The molecule has 1 amide bonds. The van der Waals surface area contributed by atoms with Crippen molar-refractivity contribution < 1.29 is 29.3 Å². The van der Waals surface area contributed by atoms with Gasteiger partial charge in [-0.15, -0.1) is 0 Å². The van der Waals surface area contributed by atoms with Crippen LogP contribution in [0.5, 0.6) is 11.5 Å². The van der Waals surface area contributed by atoms with E-state index in [2.05, 4.69) is 10.5 Å². The standard InChI is InChI=1S/C21H14N4O8/c26-19-7-2-1-6-18(19)20(27)23-22-12-13-4-3-5-17(8-13)33-21(28)14-9-15(24(29)30)11-16(10-14)25(31)32/h1-12,26H,(H,23,27)/b22-12+. The van der Waals surface area contributed by atoms with Gasteiger partial charge in [0.1, 0.15) is 11.5 Å². The Morgan fingerprint density at radius 3 is 2.24 bits per heavy atom. The largest absolute Gasteiger partial charge is 0.507 e. The third kappa shape index (κ3) is 5.73. The summed E-state index contributed by atoms with van der Waals surface area (Å²) < 4.78 is 5.16. The van der Waals surface area contributed by atoms with E-state index in [0.29, 0.717) is 5.56 Å². The molecule has 0 unspecified atom stereocenters. The van der Waals surface area contributed by atoms with Gasteiger partial charge in [-0.05, 0) is 29.8 Å². The molecule has 0 saturated carbocycles. The number of nitro groups is 2. The molecule has 0 fully saturated rings. The zero-order valence-corrected chi connectivity index (χ0v) is 16.6. The smallest absolute Gasteiger partial charge is 0.344 e. The maximum atomic E-state index is 12.4. The van der Waals surface area contributed by atoms with E-state index in [-0.39, 0.29) is 22.6 Å². The summed E-state index contributed by atoms with van der Waals surface area (Å²) >= 11 is 0. The molecule has 33 heavy (non-hydrogen) atoms. The van der Waals surface area contributed by atoms with E-state index in [1.807, 2.05) is 0 Å². The van der Waals surface area contributed by atoms with Gasteiger partial charge in [0.05, 0.1) is 33.3 Å². The van der Waals surface area contributed by atoms with Gasteiger partial charge in [-0.1, -0.05) is 24.3 Å². The van der Waals surface area contributed by atoms with Crippen molar-refractivity contribution in [2.45, 2.75) is 0 Å². The van der Waals surface area contributed by atoms with E-state index >= 15 is 0 Å². The number of phenolic OH excluding ortho intramolecular Hbond substituents is 1. The number of nitro benzene ring substituents is 2. The minimum Gasteiger partial charge on any atom is -0.507 e. The second-order valence-electron chi connectivity index (χ2n) is 6.43. The number of amides is 1. The molecule has 2 N–H and O–H groups in total. The maximum absolute atomic E-state index is 12.4. The Morgan fingerprint density at radius 2 is 1.61 bits per heavy atom. The van der Waals surface area contributed by atoms with Crippen molar-refractivity contribution in [3.63, 3.8) is 0 Å². The van der Waals surface area contributed by atoms with Crippen molar-refractivity contribution in [1.82, 2.24) is 5.43 Å². The molecule has 3 aromatic carbocycles. The molecule has 0 aliphatic carbocycles. The SMILES string of the molecule is O=C(Oc1cccc(/C=N/NC(=O)c2ccccc2O)c1)c1cc([N+](=O)[O-])cc([N+](=O)[O-])c1. The van der Waals surface area contributed by atoms with E-state index in [1.165, 1.54) is 36.5 Å². The Hall–Kier alpha value is -5.13. The fourth-order valence-corrected chi connectivity index (χ4v) is 2.64. The van der Waals surface area contributed by atoms with E-state index in [9.17, 15) is 34.9 Å². The fraction of sp³-hybridized carbons (Fsp3) is 0. The van der Waals surface area contributed by atoms with Crippen molar-refractivity contribution in [1.29, 1.82) is 0 Å². The Morgan fingerprint density at radius 1 is 0.939 bits per heavy atom. The summed E-state index contributed by atoms with van der Waals surface area (Å²) in [4.78, 5) is 44.7. The Balaban J connectivity index is 1.72. The highest BCUT2D eigenvalue weighted by molar-refractivity contribution is 5.97. The highest BCUT2D eigenvalue weighted by Crippen LogP contribution is 2.24. The van der Waals surface area contributed by atoms with Crippen LogP contribution >= 0.6 is 0 Å². The molecular formula is C21H14N4O8. The third-order valence-electron chi connectivity index (χ3n) is 4.16. The lowest BCUT2D eigenvalue weighted by molar-refractivity contribution is -0.394. The molecule has 0 aliphatic rings. The molecule has 0 aromatic heterocycles. The normalized spacial score (nSPS) is 10.5.